The largest absolute Gasteiger partial charge is 0.507 e. The molecule has 0 heterocycles. The van der Waals surface area contributed by atoms with E-state index in [1.807, 2.05) is 18.2 Å². The summed E-state index contributed by atoms with van der Waals surface area (Å²) in [5, 5.41) is 9.86. The molecule has 0 saturated heterocycles. The first kappa shape index (κ1) is 11.5. The van der Waals surface area contributed by atoms with Gasteiger partial charge in [0.05, 0.1) is 0 Å². The van der Waals surface area contributed by atoms with Gasteiger partial charge in [0.15, 0.2) is 0 Å². The van der Waals surface area contributed by atoms with Gasteiger partial charge in [0, 0.05) is 12.1 Å². The van der Waals surface area contributed by atoms with E-state index < -0.39 is 0 Å². The van der Waals surface area contributed by atoms with Crippen LogP contribution in [0.25, 0.3) is 0 Å². The monoisotopic (exact) mass is 203 g/mol. The van der Waals surface area contributed by atoms with Gasteiger partial charge in [-0.25, -0.2) is 0 Å². The minimum Gasteiger partial charge on any atom is -0.507 e. The maximum atomic E-state index is 9.86. The molecule has 0 atom stereocenters. The van der Waals surface area contributed by atoms with Gasteiger partial charge in [-0.15, -0.1) is 13.2 Å². The first-order valence-corrected chi connectivity index (χ1v) is 4.98. The lowest BCUT2D eigenvalue weighted by Crippen LogP contribution is -2.00. The van der Waals surface area contributed by atoms with Gasteiger partial charge in [0.2, 0.25) is 0 Å². The highest BCUT2D eigenvalue weighted by Crippen LogP contribution is 2.25. The van der Waals surface area contributed by atoms with Gasteiger partial charge in [0.25, 0.3) is 0 Å². The highest BCUT2D eigenvalue weighted by atomic mass is 16.3. The summed E-state index contributed by atoms with van der Waals surface area (Å²) >= 11 is 0. The number of hydrogen-bond donors (Lipinski definition) is 2. The van der Waals surface area contributed by atoms with E-state index in [-0.39, 0.29) is 0 Å². The van der Waals surface area contributed by atoms with Crippen molar-refractivity contribution in [1.82, 2.24) is 0 Å². The Hall–Kier alpha value is -1.54. The van der Waals surface area contributed by atoms with Crippen LogP contribution in [-0.2, 0) is 19.4 Å². The Morgan fingerprint density at radius 3 is 2.27 bits per heavy atom. The van der Waals surface area contributed by atoms with Gasteiger partial charge < -0.3 is 10.8 Å². The zero-order chi connectivity index (χ0) is 11.3. The Labute approximate surface area is 90.7 Å². The standard InChI is InChI=1S/C13H17NO/c1-3-5-10-7-11(6-4-2)13(15)12(8-10)9-14/h3-4,7-8,15H,1-2,5-6,9,14H2. The van der Waals surface area contributed by atoms with E-state index in [1.54, 1.807) is 6.08 Å². The van der Waals surface area contributed by atoms with E-state index >= 15 is 0 Å². The molecule has 0 radical (unpaired) electrons. The summed E-state index contributed by atoms with van der Waals surface area (Å²) in [6.07, 6.45) is 5.05. The van der Waals surface area contributed by atoms with Crippen LogP contribution in [0.3, 0.4) is 0 Å². The maximum absolute atomic E-state index is 9.86. The van der Waals surface area contributed by atoms with Crippen LogP contribution < -0.4 is 5.73 Å². The quantitative estimate of drug-likeness (QED) is 0.721. The van der Waals surface area contributed by atoms with Crippen molar-refractivity contribution in [3.63, 3.8) is 0 Å². The molecule has 0 saturated carbocycles. The molecule has 0 bridgehead atoms. The molecule has 15 heavy (non-hydrogen) atoms. The van der Waals surface area contributed by atoms with Crippen LogP contribution in [0.2, 0.25) is 0 Å². The summed E-state index contributed by atoms with van der Waals surface area (Å²) < 4.78 is 0. The Morgan fingerprint density at radius 1 is 1.13 bits per heavy atom. The van der Waals surface area contributed by atoms with Crippen LogP contribution in [0, 0.1) is 0 Å². The van der Waals surface area contributed by atoms with Crippen molar-refractivity contribution in [1.29, 1.82) is 0 Å². The second-order valence-electron chi connectivity index (χ2n) is 3.45. The normalized spacial score (nSPS) is 9.93. The molecule has 0 aromatic heterocycles. The molecule has 0 unspecified atom stereocenters. The third-order valence-corrected chi connectivity index (χ3v) is 2.29. The number of hydrogen-bond acceptors (Lipinski definition) is 2. The van der Waals surface area contributed by atoms with Crippen molar-refractivity contribution in [2.45, 2.75) is 19.4 Å². The van der Waals surface area contributed by atoms with E-state index in [1.165, 1.54) is 0 Å². The zero-order valence-electron chi connectivity index (χ0n) is 8.87. The summed E-state index contributed by atoms with van der Waals surface area (Å²) in [5.74, 6) is 0.296. The van der Waals surface area contributed by atoms with Crippen molar-refractivity contribution >= 4 is 0 Å². The second kappa shape index (κ2) is 5.37. The van der Waals surface area contributed by atoms with E-state index in [2.05, 4.69) is 13.2 Å². The predicted molar refractivity (Wildman–Crippen MR) is 63.8 cm³/mol. The lowest BCUT2D eigenvalue weighted by atomic mass is 10.00. The van der Waals surface area contributed by atoms with Crippen molar-refractivity contribution in [3.05, 3.63) is 54.1 Å². The molecule has 3 N–H and O–H groups in total. The number of phenols is 1. The first-order valence-electron chi connectivity index (χ1n) is 4.98. The third kappa shape index (κ3) is 2.70. The molecule has 2 heteroatoms. The van der Waals surface area contributed by atoms with Gasteiger partial charge in [-0.1, -0.05) is 24.3 Å². The topological polar surface area (TPSA) is 46.2 Å². The van der Waals surface area contributed by atoms with Crippen LogP contribution in [-0.4, -0.2) is 5.11 Å². The van der Waals surface area contributed by atoms with Crippen molar-refractivity contribution in [2.24, 2.45) is 5.73 Å². The molecule has 80 valence electrons. The molecule has 0 aliphatic carbocycles. The molecule has 0 aliphatic heterocycles. The number of allylic oxidation sites excluding steroid dienone is 2. The van der Waals surface area contributed by atoms with Crippen molar-refractivity contribution < 1.29 is 5.11 Å². The number of phenolic OH excluding ortho intramolecular Hbond substituents is 1. The third-order valence-electron chi connectivity index (χ3n) is 2.29. The smallest absolute Gasteiger partial charge is 0.123 e. The van der Waals surface area contributed by atoms with Crippen LogP contribution in [0.15, 0.2) is 37.4 Å². The summed E-state index contributed by atoms with van der Waals surface area (Å²) in [4.78, 5) is 0. The molecule has 1 aromatic carbocycles. The average Bonchev–Trinajstić information content (AvgIpc) is 2.23. The Balaban J connectivity index is 3.17. The van der Waals surface area contributed by atoms with E-state index in [4.69, 9.17) is 5.73 Å². The Bertz CT molecular complexity index is 369. The highest BCUT2D eigenvalue weighted by molar-refractivity contribution is 5.45. The number of rotatable bonds is 5. The average molecular weight is 203 g/mol. The minimum absolute atomic E-state index is 0.296. The summed E-state index contributed by atoms with van der Waals surface area (Å²) in [5.41, 5.74) is 8.36. The number of benzene rings is 1. The molecular formula is C13H17NO. The maximum Gasteiger partial charge on any atom is 0.123 e. The summed E-state index contributed by atoms with van der Waals surface area (Å²) in [6, 6.07) is 3.89. The molecule has 1 aromatic rings. The van der Waals surface area contributed by atoms with Crippen LogP contribution >= 0.6 is 0 Å². The predicted octanol–water partition coefficient (Wildman–Crippen LogP) is 2.31. The molecule has 0 spiro atoms. The van der Waals surface area contributed by atoms with Gasteiger partial charge in [-0.05, 0) is 24.0 Å². The fourth-order valence-electron chi connectivity index (χ4n) is 1.58. The second-order valence-corrected chi connectivity index (χ2v) is 3.45. The van der Waals surface area contributed by atoms with Gasteiger partial charge in [-0.2, -0.15) is 0 Å². The highest BCUT2D eigenvalue weighted by Gasteiger charge is 2.07. The number of aromatic hydroxyl groups is 1. The fraction of sp³-hybridized carbons (Fsp3) is 0.231. The zero-order valence-corrected chi connectivity index (χ0v) is 8.87. The van der Waals surface area contributed by atoms with E-state index in [9.17, 15) is 5.11 Å². The SMILES string of the molecule is C=CCc1cc(CN)c(O)c(CC=C)c1. The first-order chi connectivity index (χ1) is 7.22. The van der Waals surface area contributed by atoms with Crippen LogP contribution in [0.1, 0.15) is 16.7 Å². The Morgan fingerprint density at radius 2 is 1.73 bits per heavy atom. The number of nitrogens with two attached hydrogens (primary N) is 1. The molecule has 0 amide bonds. The molecule has 1 rings (SSSR count). The lowest BCUT2D eigenvalue weighted by molar-refractivity contribution is 0.462. The van der Waals surface area contributed by atoms with Crippen LogP contribution in [0.4, 0.5) is 0 Å². The fourth-order valence-corrected chi connectivity index (χ4v) is 1.58. The molecule has 0 fully saturated rings. The van der Waals surface area contributed by atoms with E-state index in [0.717, 1.165) is 23.1 Å². The Kier molecular flexibility index (Phi) is 4.13. The summed E-state index contributed by atoms with van der Waals surface area (Å²) in [6.45, 7) is 7.71. The van der Waals surface area contributed by atoms with Gasteiger partial charge >= 0.3 is 0 Å². The molecule has 2 nitrogen and oxygen atoms in total. The molecular weight excluding hydrogens is 186 g/mol. The molecule has 0 aliphatic rings. The van der Waals surface area contributed by atoms with Crippen LogP contribution in [0.5, 0.6) is 5.75 Å². The van der Waals surface area contributed by atoms with Crippen molar-refractivity contribution in [2.75, 3.05) is 0 Å². The van der Waals surface area contributed by atoms with Gasteiger partial charge in [0.1, 0.15) is 5.75 Å². The minimum atomic E-state index is 0.296. The van der Waals surface area contributed by atoms with E-state index in [0.29, 0.717) is 18.7 Å². The van der Waals surface area contributed by atoms with Crippen molar-refractivity contribution in [3.8, 4) is 5.75 Å². The lowest BCUT2D eigenvalue weighted by Gasteiger charge is -2.10. The summed E-state index contributed by atoms with van der Waals surface area (Å²) in [7, 11) is 0. The van der Waals surface area contributed by atoms with Gasteiger partial charge in [-0.3, -0.25) is 0 Å².